The van der Waals surface area contributed by atoms with Gasteiger partial charge in [0.2, 0.25) is 5.91 Å². The second-order valence-corrected chi connectivity index (χ2v) is 4.20. The molecule has 1 aliphatic carbocycles. The van der Waals surface area contributed by atoms with Gasteiger partial charge in [0.15, 0.2) is 0 Å². The number of carbonyl (C=O) groups is 1. The second-order valence-electron chi connectivity index (χ2n) is 4.20. The van der Waals surface area contributed by atoms with Crippen LogP contribution in [0.2, 0.25) is 0 Å². The normalized spacial score (nSPS) is 21.2. The Labute approximate surface area is 86.9 Å². The van der Waals surface area contributed by atoms with Crippen molar-refractivity contribution in [2.24, 2.45) is 5.41 Å². The number of hydrogen-bond donors (Lipinski definition) is 2. The molecule has 1 heterocycles. The standard InChI is InChI=1S/C11H11NO3/c13-7-1-2-8-9(5-7)15-6-11(3-4-11)10(14)12-8/h1-2,5,13H,3-4,6H2,(H,12,14). The molecule has 1 aromatic carbocycles. The fourth-order valence-corrected chi connectivity index (χ4v) is 1.79. The summed E-state index contributed by atoms with van der Waals surface area (Å²) in [5.41, 5.74) is 0.329. The summed E-state index contributed by atoms with van der Waals surface area (Å²) in [6.45, 7) is 0.412. The molecule has 78 valence electrons. The Morgan fingerprint density at radius 3 is 2.93 bits per heavy atom. The number of anilines is 1. The number of aromatic hydroxyl groups is 1. The van der Waals surface area contributed by atoms with Crippen LogP contribution < -0.4 is 10.1 Å². The van der Waals surface area contributed by atoms with Gasteiger partial charge in [0.1, 0.15) is 18.1 Å². The highest BCUT2D eigenvalue weighted by atomic mass is 16.5. The molecule has 1 aliphatic heterocycles. The Kier molecular flexibility index (Phi) is 1.52. The van der Waals surface area contributed by atoms with Gasteiger partial charge in [-0.05, 0) is 25.0 Å². The number of phenolic OH excluding ortho intramolecular Hbond substituents is 1. The molecule has 4 heteroatoms. The number of hydrogen-bond acceptors (Lipinski definition) is 3. The van der Waals surface area contributed by atoms with E-state index in [1.54, 1.807) is 6.07 Å². The van der Waals surface area contributed by atoms with Crippen LogP contribution in [0, 0.1) is 5.41 Å². The largest absolute Gasteiger partial charge is 0.508 e. The Hall–Kier alpha value is -1.71. The monoisotopic (exact) mass is 205 g/mol. The van der Waals surface area contributed by atoms with Crippen LogP contribution in [0.1, 0.15) is 12.8 Å². The van der Waals surface area contributed by atoms with Gasteiger partial charge in [-0.25, -0.2) is 0 Å². The highest BCUT2D eigenvalue weighted by Gasteiger charge is 2.52. The fourth-order valence-electron chi connectivity index (χ4n) is 1.79. The molecular formula is C11H11NO3. The zero-order valence-electron chi connectivity index (χ0n) is 8.12. The maximum absolute atomic E-state index is 11.8. The van der Waals surface area contributed by atoms with Crippen LogP contribution in [0.5, 0.6) is 11.5 Å². The summed E-state index contributed by atoms with van der Waals surface area (Å²) < 4.78 is 5.53. The molecule has 1 aromatic rings. The summed E-state index contributed by atoms with van der Waals surface area (Å²) in [6.07, 6.45) is 1.78. The van der Waals surface area contributed by atoms with Crippen LogP contribution in [0.15, 0.2) is 18.2 Å². The molecule has 0 saturated heterocycles. The summed E-state index contributed by atoms with van der Waals surface area (Å²) in [6, 6.07) is 4.72. The number of amides is 1. The summed E-state index contributed by atoms with van der Waals surface area (Å²) in [4.78, 5) is 11.8. The maximum Gasteiger partial charge on any atom is 0.234 e. The quantitative estimate of drug-likeness (QED) is 0.631. The first-order valence-corrected chi connectivity index (χ1v) is 4.97. The lowest BCUT2D eigenvalue weighted by atomic mass is 10.1. The third-order valence-corrected chi connectivity index (χ3v) is 3.05. The minimum atomic E-state index is -0.311. The van der Waals surface area contributed by atoms with Crippen LogP contribution in [-0.4, -0.2) is 17.6 Å². The Morgan fingerprint density at radius 2 is 2.20 bits per heavy atom. The van der Waals surface area contributed by atoms with E-state index in [0.29, 0.717) is 18.0 Å². The summed E-state index contributed by atoms with van der Waals surface area (Å²) in [5, 5.41) is 12.1. The van der Waals surface area contributed by atoms with Crippen molar-refractivity contribution in [2.45, 2.75) is 12.8 Å². The number of benzene rings is 1. The van der Waals surface area contributed by atoms with E-state index in [-0.39, 0.29) is 17.1 Å². The van der Waals surface area contributed by atoms with E-state index in [9.17, 15) is 9.90 Å². The van der Waals surface area contributed by atoms with E-state index >= 15 is 0 Å². The first-order chi connectivity index (χ1) is 7.20. The third-order valence-electron chi connectivity index (χ3n) is 3.05. The van der Waals surface area contributed by atoms with Crippen molar-refractivity contribution in [1.82, 2.24) is 0 Å². The van der Waals surface area contributed by atoms with Gasteiger partial charge in [0.05, 0.1) is 11.1 Å². The smallest absolute Gasteiger partial charge is 0.234 e. The highest BCUT2D eigenvalue weighted by molar-refractivity contribution is 5.99. The Bertz CT molecular complexity index is 437. The average Bonchev–Trinajstić information content (AvgIpc) is 3.00. The molecule has 0 aromatic heterocycles. The summed E-state index contributed by atoms with van der Waals surface area (Å²) in [7, 11) is 0. The van der Waals surface area contributed by atoms with Crippen LogP contribution in [-0.2, 0) is 4.79 Å². The zero-order valence-corrected chi connectivity index (χ0v) is 8.12. The van der Waals surface area contributed by atoms with Crippen LogP contribution >= 0.6 is 0 Å². The van der Waals surface area contributed by atoms with Gasteiger partial charge < -0.3 is 15.2 Å². The van der Waals surface area contributed by atoms with Crippen molar-refractivity contribution in [3.63, 3.8) is 0 Å². The predicted molar refractivity (Wildman–Crippen MR) is 53.9 cm³/mol. The van der Waals surface area contributed by atoms with Crippen molar-refractivity contribution in [2.75, 3.05) is 11.9 Å². The molecule has 1 saturated carbocycles. The lowest BCUT2D eigenvalue weighted by molar-refractivity contribution is -0.121. The van der Waals surface area contributed by atoms with Gasteiger partial charge in [-0.15, -0.1) is 0 Å². The van der Waals surface area contributed by atoms with E-state index in [2.05, 4.69) is 5.32 Å². The highest BCUT2D eigenvalue weighted by Crippen LogP contribution is 2.49. The van der Waals surface area contributed by atoms with Crippen LogP contribution in [0.25, 0.3) is 0 Å². The fraction of sp³-hybridized carbons (Fsp3) is 0.364. The lowest BCUT2D eigenvalue weighted by Crippen LogP contribution is -2.26. The Balaban J connectivity index is 2.00. The molecule has 0 radical (unpaired) electrons. The summed E-state index contributed by atoms with van der Waals surface area (Å²) >= 11 is 0. The van der Waals surface area contributed by atoms with Crippen LogP contribution in [0.4, 0.5) is 5.69 Å². The van der Waals surface area contributed by atoms with Gasteiger partial charge in [0, 0.05) is 6.07 Å². The molecule has 0 bridgehead atoms. The molecule has 1 fully saturated rings. The summed E-state index contributed by atoms with van der Waals surface area (Å²) in [5.74, 6) is 0.730. The van der Waals surface area contributed by atoms with Crippen molar-refractivity contribution in [3.05, 3.63) is 18.2 Å². The van der Waals surface area contributed by atoms with Crippen LogP contribution in [0.3, 0.4) is 0 Å². The molecule has 0 unspecified atom stereocenters. The van der Waals surface area contributed by atoms with Crippen molar-refractivity contribution >= 4 is 11.6 Å². The topological polar surface area (TPSA) is 58.6 Å². The molecule has 0 atom stereocenters. The van der Waals surface area contributed by atoms with Gasteiger partial charge in [-0.2, -0.15) is 0 Å². The third kappa shape index (κ3) is 1.25. The number of carbonyl (C=O) groups excluding carboxylic acids is 1. The first-order valence-electron chi connectivity index (χ1n) is 4.97. The van der Waals surface area contributed by atoms with E-state index in [1.165, 1.54) is 12.1 Å². The number of ether oxygens (including phenoxy) is 1. The predicted octanol–water partition coefficient (Wildman–Crippen LogP) is 1.50. The van der Waals surface area contributed by atoms with Crippen molar-refractivity contribution in [3.8, 4) is 11.5 Å². The minimum Gasteiger partial charge on any atom is -0.508 e. The van der Waals surface area contributed by atoms with E-state index in [0.717, 1.165) is 12.8 Å². The molecule has 2 aliphatic rings. The number of rotatable bonds is 0. The van der Waals surface area contributed by atoms with Crippen molar-refractivity contribution < 1.29 is 14.6 Å². The van der Waals surface area contributed by atoms with Gasteiger partial charge in [0.25, 0.3) is 0 Å². The molecule has 1 spiro atoms. The van der Waals surface area contributed by atoms with E-state index in [1.807, 2.05) is 0 Å². The number of fused-ring (bicyclic) bond motifs is 1. The Morgan fingerprint density at radius 1 is 1.40 bits per heavy atom. The van der Waals surface area contributed by atoms with E-state index in [4.69, 9.17) is 4.74 Å². The molecule has 15 heavy (non-hydrogen) atoms. The lowest BCUT2D eigenvalue weighted by Gasteiger charge is -2.08. The molecular weight excluding hydrogens is 194 g/mol. The molecule has 4 nitrogen and oxygen atoms in total. The minimum absolute atomic E-state index is 0.0342. The molecule has 2 N–H and O–H groups in total. The van der Waals surface area contributed by atoms with Gasteiger partial charge >= 0.3 is 0 Å². The average molecular weight is 205 g/mol. The number of phenols is 1. The van der Waals surface area contributed by atoms with Crippen molar-refractivity contribution in [1.29, 1.82) is 0 Å². The second kappa shape index (κ2) is 2.66. The van der Waals surface area contributed by atoms with E-state index < -0.39 is 0 Å². The zero-order chi connectivity index (χ0) is 10.5. The van der Waals surface area contributed by atoms with Gasteiger partial charge in [-0.3, -0.25) is 4.79 Å². The van der Waals surface area contributed by atoms with Gasteiger partial charge in [-0.1, -0.05) is 0 Å². The first kappa shape index (κ1) is 8.59. The maximum atomic E-state index is 11.8. The molecule has 1 amide bonds. The number of nitrogens with one attached hydrogen (secondary N) is 1. The molecule has 3 rings (SSSR count). The SMILES string of the molecule is O=C1Nc2ccc(O)cc2OCC12CC2.